The second-order valence-electron chi connectivity index (χ2n) is 6.92. The molecule has 0 N–H and O–H groups in total. The van der Waals surface area contributed by atoms with Crippen LogP contribution in [0.2, 0.25) is 0 Å². The predicted molar refractivity (Wildman–Crippen MR) is 96.1 cm³/mol. The summed E-state index contributed by atoms with van der Waals surface area (Å²) in [7, 11) is 0. The van der Waals surface area contributed by atoms with Crippen LogP contribution < -0.4 is 0 Å². The molecular formula is C20H25N3O. The zero-order chi connectivity index (χ0) is 16.5. The Morgan fingerprint density at radius 1 is 1.12 bits per heavy atom. The Labute approximate surface area is 143 Å². The largest absolute Gasteiger partial charge is 0.334 e. The highest BCUT2D eigenvalue weighted by Gasteiger charge is 2.39. The molecule has 1 aromatic carbocycles. The van der Waals surface area contributed by atoms with Gasteiger partial charge in [-0.25, -0.2) is 0 Å². The first-order chi connectivity index (χ1) is 11.8. The summed E-state index contributed by atoms with van der Waals surface area (Å²) >= 11 is 0. The van der Waals surface area contributed by atoms with Gasteiger partial charge in [0.15, 0.2) is 0 Å². The highest BCUT2D eigenvalue weighted by molar-refractivity contribution is 6.06. The number of fused-ring (bicyclic) bond motifs is 1. The van der Waals surface area contributed by atoms with Gasteiger partial charge in [0, 0.05) is 35.8 Å². The molecule has 0 radical (unpaired) electrons. The molecular weight excluding hydrogens is 298 g/mol. The number of benzene rings is 1. The monoisotopic (exact) mass is 323 g/mol. The third-order valence-corrected chi connectivity index (χ3v) is 5.70. The van der Waals surface area contributed by atoms with Gasteiger partial charge in [-0.05, 0) is 57.0 Å². The molecule has 2 fully saturated rings. The fourth-order valence-corrected chi connectivity index (χ4v) is 4.57. The van der Waals surface area contributed by atoms with E-state index in [4.69, 9.17) is 0 Å². The van der Waals surface area contributed by atoms with Crippen molar-refractivity contribution in [2.45, 2.75) is 44.7 Å². The van der Waals surface area contributed by atoms with Crippen LogP contribution in [0.1, 0.15) is 43.0 Å². The summed E-state index contributed by atoms with van der Waals surface area (Å²) in [6.07, 6.45) is 6.52. The van der Waals surface area contributed by atoms with E-state index in [1.807, 2.05) is 30.3 Å². The lowest BCUT2D eigenvalue weighted by atomic mass is 10.0. The highest BCUT2D eigenvalue weighted by atomic mass is 16.2. The lowest BCUT2D eigenvalue weighted by molar-refractivity contribution is 0.0652. The lowest BCUT2D eigenvalue weighted by Crippen LogP contribution is -2.48. The molecule has 3 heterocycles. The van der Waals surface area contributed by atoms with E-state index in [-0.39, 0.29) is 5.91 Å². The Hall–Kier alpha value is -1.94. The molecule has 2 aliphatic heterocycles. The minimum Gasteiger partial charge on any atom is -0.334 e. The molecule has 0 aliphatic carbocycles. The summed E-state index contributed by atoms with van der Waals surface area (Å²) in [5, 5.41) is 0.967. The molecule has 2 unspecified atom stereocenters. The van der Waals surface area contributed by atoms with Crippen molar-refractivity contribution in [3.8, 4) is 0 Å². The molecule has 1 aromatic heterocycles. The fourth-order valence-electron chi connectivity index (χ4n) is 4.57. The zero-order valence-electron chi connectivity index (χ0n) is 14.3. The molecule has 4 heteroatoms. The number of nitrogens with zero attached hydrogens (tertiary/aromatic N) is 3. The van der Waals surface area contributed by atoms with Crippen molar-refractivity contribution in [3.63, 3.8) is 0 Å². The molecule has 2 atom stereocenters. The summed E-state index contributed by atoms with van der Waals surface area (Å²) in [6.45, 7) is 5.38. The predicted octanol–water partition coefficient (Wildman–Crippen LogP) is 3.32. The number of pyridine rings is 1. The number of likely N-dealkylation sites (N-methyl/N-ethyl adjacent to an activating group) is 1. The summed E-state index contributed by atoms with van der Waals surface area (Å²) in [4.78, 5) is 22.4. The third-order valence-electron chi connectivity index (χ3n) is 5.70. The number of aromatic nitrogens is 1. The quantitative estimate of drug-likeness (QED) is 0.869. The maximum Gasteiger partial charge on any atom is 0.254 e. The Bertz CT molecular complexity index is 739. The van der Waals surface area contributed by atoms with Crippen LogP contribution in [-0.2, 0) is 0 Å². The number of rotatable bonds is 3. The second kappa shape index (κ2) is 6.52. The Morgan fingerprint density at radius 3 is 2.83 bits per heavy atom. The van der Waals surface area contributed by atoms with Crippen molar-refractivity contribution in [1.29, 1.82) is 0 Å². The van der Waals surface area contributed by atoms with E-state index in [9.17, 15) is 4.79 Å². The van der Waals surface area contributed by atoms with E-state index in [0.29, 0.717) is 12.1 Å². The van der Waals surface area contributed by atoms with Crippen LogP contribution in [0.3, 0.4) is 0 Å². The van der Waals surface area contributed by atoms with E-state index in [0.717, 1.165) is 42.4 Å². The van der Waals surface area contributed by atoms with E-state index in [2.05, 4.69) is 21.7 Å². The summed E-state index contributed by atoms with van der Waals surface area (Å²) < 4.78 is 0. The third kappa shape index (κ3) is 2.59. The van der Waals surface area contributed by atoms with E-state index in [1.165, 1.54) is 19.4 Å². The number of carbonyl (C=O) groups is 1. The normalized spacial score (nSPS) is 24.8. The fraction of sp³-hybridized carbons (Fsp3) is 0.500. The number of likely N-dealkylation sites (tertiary alicyclic amines) is 2. The van der Waals surface area contributed by atoms with Crippen LogP contribution in [0.4, 0.5) is 0 Å². The topological polar surface area (TPSA) is 36.4 Å². The van der Waals surface area contributed by atoms with Gasteiger partial charge in [-0.15, -0.1) is 0 Å². The van der Waals surface area contributed by atoms with Gasteiger partial charge in [-0.1, -0.05) is 19.1 Å². The molecule has 2 aromatic rings. The van der Waals surface area contributed by atoms with Crippen LogP contribution in [0.15, 0.2) is 36.5 Å². The molecule has 24 heavy (non-hydrogen) atoms. The van der Waals surface area contributed by atoms with Gasteiger partial charge in [0.2, 0.25) is 0 Å². The maximum atomic E-state index is 13.3. The molecule has 0 spiro atoms. The minimum absolute atomic E-state index is 0.180. The van der Waals surface area contributed by atoms with E-state index < -0.39 is 0 Å². The molecule has 126 valence electrons. The average molecular weight is 323 g/mol. The summed E-state index contributed by atoms with van der Waals surface area (Å²) in [5.41, 5.74) is 1.70. The van der Waals surface area contributed by atoms with E-state index >= 15 is 0 Å². The Balaban J connectivity index is 1.65. The second-order valence-corrected chi connectivity index (χ2v) is 6.92. The Kier molecular flexibility index (Phi) is 4.23. The average Bonchev–Trinajstić information content (AvgIpc) is 3.28. The van der Waals surface area contributed by atoms with Crippen molar-refractivity contribution in [2.75, 3.05) is 19.6 Å². The van der Waals surface area contributed by atoms with Crippen LogP contribution in [0.5, 0.6) is 0 Å². The van der Waals surface area contributed by atoms with Crippen molar-refractivity contribution in [3.05, 3.63) is 42.1 Å². The van der Waals surface area contributed by atoms with Crippen LogP contribution in [0, 0.1) is 0 Å². The summed E-state index contributed by atoms with van der Waals surface area (Å²) in [6, 6.07) is 10.7. The maximum absolute atomic E-state index is 13.3. The molecule has 0 saturated carbocycles. The van der Waals surface area contributed by atoms with Gasteiger partial charge in [-0.2, -0.15) is 0 Å². The molecule has 2 saturated heterocycles. The zero-order valence-corrected chi connectivity index (χ0v) is 14.3. The molecule has 2 aliphatic rings. The van der Waals surface area contributed by atoms with Gasteiger partial charge >= 0.3 is 0 Å². The van der Waals surface area contributed by atoms with Gasteiger partial charge < -0.3 is 4.90 Å². The van der Waals surface area contributed by atoms with Gasteiger partial charge in [0.25, 0.3) is 5.91 Å². The van der Waals surface area contributed by atoms with Crippen LogP contribution in [-0.4, -0.2) is 52.4 Å². The van der Waals surface area contributed by atoms with Gasteiger partial charge in [-0.3, -0.25) is 14.7 Å². The van der Waals surface area contributed by atoms with E-state index in [1.54, 1.807) is 6.20 Å². The SMILES string of the molecule is CCN1CCCC1C1CCCN1C(=O)c1cccc2ncccc12. The number of hydrogen-bond donors (Lipinski definition) is 0. The molecule has 0 bridgehead atoms. The first-order valence-electron chi connectivity index (χ1n) is 9.18. The van der Waals surface area contributed by atoms with Crippen molar-refractivity contribution in [1.82, 2.24) is 14.8 Å². The van der Waals surface area contributed by atoms with Crippen LogP contribution in [0.25, 0.3) is 10.9 Å². The number of carbonyl (C=O) groups excluding carboxylic acids is 1. The van der Waals surface area contributed by atoms with Crippen molar-refractivity contribution in [2.24, 2.45) is 0 Å². The Morgan fingerprint density at radius 2 is 1.96 bits per heavy atom. The molecule has 1 amide bonds. The van der Waals surface area contributed by atoms with Gasteiger partial charge in [0.05, 0.1) is 5.52 Å². The smallest absolute Gasteiger partial charge is 0.254 e. The van der Waals surface area contributed by atoms with Gasteiger partial charge in [0.1, 0.15) is 0 Å². The number of amides is 1. The first kappa shape index (κ1) is 15.6. The minimum atomic E-state index is 0.180. The highest BCUT2D eigenvalue weighted by Crippen LogP contribution is 2.31. The number of hydrogen-bond acceptors (Lipinski definition) is 3. The first-order valence-corrected chi connectivity index (χ1v) is 9.18. The van der Waals surface area contributed by atoms with Crippen LogP contribution >= 0.6 is 0 Å². The van der Waals surface area contributed by atoms with Crippen molar-refractivity contribution < 1.29 is 4.79 Å². The molecule has 4 nitrogen and oxygen atoms in total. The van der Waals surface area contributed by atoms with Crippen molar-refractivity contribution >= 4 is 16.8 Å². The standard InChI is InChI=1S/C20H25N3O/c1-2-22-13-5-10-18(22)19-11-6-14-23(19)20(24)16-7-3-9-17-15(16)8-4-12-21-17/h3-4,7-9,12,18-19H,2,5-6,10-11,13-14H2,1H3. The lowest BCUT2D eigenvalue weighted by Gasteiger charge is -2.34. The molecule has 4 rings (SSSR count). The summed E-state index contributed by atoms with van der Waals surface area (Å²) in [5.74, 6) is 0.180.